The molecule has 6 nitrogen and oxygen atoms in total. The van der Waals surface area contributed by atoms with Gasteiger partial charge in [-0.3, -0.25) is 9.59 Å². The molecule has 9 heteroatoms. The molecule has 0 spiro atoms. The van der Waals surface area contributed by atoms with Gasteiger partial charge < -0.3 is 20.3 Å². The van der Waals surface area contributed by atoms with Gasteiger partial charge >= 0.3 is 6.18 Å². The van der Waals surface area contributed by atoms with Gasteiger partial charge in [-0.1, -0.05) is 6.07 Å². The molecule has 3 aromatic rings. The lowest BCUT2D eigenvalue weighted by molar-refractivity contribution is -0.136. The summed E-state index contributed by atoms with van der Waals surface area (Å²) in [5.74, 6) is -1.31. The second-order valence-corrected chi connectivity index (χ2v) is 8.28. The fourth-order valence-electron chi connectivity index (χ4n) is 4.98. The first-order valence-electron chi connectivity index (χ1n) is 10.4. The van der Waals surface area contributed by atoms with Gasteiger partial charge in [-0.15, -0.1) is 0 Å². The number of alkyl halides is 3. The summed E-state index contributed by atoms with van der Waals surface area (Å²) < 4.78 is 41.5. The molecule has 2 aliphatic heterocycles. The van der Waals surface area contributed by atoms with E-state index in [1.54, 1.807) is 12.1 Å². The predicted molar refractivity (Wildman–Crippen MR) is 116 cm³/mol. The number of aromatic nitrogens is 1. The van der Waals surface area contributed by atoms with Crippen LogP contribution in [0.5, 0.6) is 5.75 Å². The van der Waals surface area contributed by atoms with Crippen LogP contribution in [0.3, 0.4) is 0 Å². The largest absolute Gasteiger partial charge is 0.507 e. The minimum atomic E-state index is -4.69. The van der Waals surface area contributed by atoms with Crippen molar-refractivity contribution in [3.63, 3.8) is 0 Å². The van der Waals surface area contributed by atoms with E-state index in [2.05, 4.69) is 15.2 Å². The molecule has 2 aliphatic rings. The van der Waals surface area contributed by atoms with Crippen LogP contribution in [0.2, 0.25) is 0 Å². The third-order valence-corrected chi connectivity index (χ3v) is 6.44. The highest BCUT2D eigenvalue weighted by atomic mass is 19.4. The number of carbonyl (C=O) groups excluding carboxylic acids is 1. The normalized spacial score (nSPS) is 20.2. The van der Waals surface area contributed by atoms with Crippen LogP contribution in [0.4, 0.5) is 24.5 Å². The van der Waals surface area contributed by atoms with Crippen LogP contribution < -0.4 is 15.6 Å². The number of nitrogens with zero attached hydrogens (tertiary/aromatic N) is 1. The average molecular weight is 445 g/mol. The van der Waals surface area contributed by atoms with Gasteiger partial charge in [-0.2, -0.15) is 13.2 Å². The topological polar surface area (TPSA) is 85.4 Å². The van der Waals surface area contributed by atoms with E-state index in [4.69, 9.17) is 0 Å². The maximum atomic E-state index is 13.8. The summed E-state index contributed by atoms with van der Waals surface area (Å²) in [6, 6.07) is 8.77. The Labute approximate surface area is 182 Å². The second kappa shape index (κ2) is 7.29. The summed E-state index contributed by atoms with van der Waals surface area (Å²) in [5.41, 5.74) is -1.74. The summed E-state index contributed by atoms with van der Waals surface area (Å²) >= 11 is 0. The van der Waals surface area contributed by atoms with Crippen molar-refractivity contribution in [2.24, 2.45) is 0 Å². The van der Waals surface area contributed by atoms with Crippen molar-refractivity contribution >= 4 is 28.2 Å². The highest BCUT2D eigenvalue weighted by Crippen LogP contribution is 2.44. The van der Waals surface area contributed by atoms with Crippen molar-refractivity contribution < 1.29 is 24.5 Å². The van der Waals surface area contributed by atoms with Crippen molar-refractivity contribution in [1.29, 1.82) is 0 Å². The molecule has 2 bridgehead atoms. The first-order chi connectivity index (χ1) is 15.2. The van der Waals surface area contributed by atoms with E-state index in [1.165, 1.54) is 18.2 Å². The smallest absolute Gasteiger partial charge is 0.418 e. The lowest BCUT2D eigenvalue weighted by Gasteiger charge is -2.26. The minimum absolute atomic E-state index is 0. The van der Waals surface area contributed by atoms with Crippen LogP contribution in [0.15, 0.2) is 47.4 Å². The zero-order valence-electron chi connectivity index (χ0n) is 16.9. The first-order valence-corrected chi connectivity index (χ1v) is 10.4. The highest BCUT2D eigenvalue weighted by molar-refractivity contribution is 6.06. The van der Waals surface area contributed by atoms with Crippen LogP contribution in [0.1, 0.15) is 43.0 Å². The summed E-state index contributed by atoms with van der Waals surface area (Å²) in [6.07, 6.45) is 0.336. The summed E-state index contributed by atoms with van der Waals surface area (Å²) in [5, 5.41) is 12.1. The fraction of sp³-hybridized carbons (Fsp3) is 0.304. The minimum Gasteiger partial charge on any atom is -0.507 e. The molecule has 1 amide bonds. The van der Waals surface area contributed by atoms with Crippen LogP contribution >= 0.6 is 0 Å². The second-order valence-electron chi connectivity index (χ2n) is 8.28. The Bertz CT molecular complexity index is 1270. The van der Waals surface area contributed by atoms with Gasteiger partial charge in [0.1, 0.15) is 11.3 Å². The zero-order valence-corrected chi connectivity index (χ0v) is 16.9. The molecule has 168 valence electrons. The SMILES string of the molecule is O=C(Nc1ccc(N2C3CCC2CC3)cc1C(F)(F)F)c1c[nH]c2cccc(O)c2c1=O.[HH]. The number of fused-ring (bicyclic) bond motifs is 3. The number of pyridine rings is 1. The Balaban J connectivity index is 0.00000259. The third-order valence-electron chi connectivity index (χ3n) is 6.44. The Kier molecular flexibility index (Phi) is 4.65. The highest BCUT2D eigenvalue weighted by Gasteiger charge is 2.41. The van der Waals surface area contributed by atoms with Crippen molar-refractivity contribution in [2.75, 3.05) is 10.2 Å². The van der Waals surface area contributed by atoms with E-state index in [-0.39, 0.29) is 24.6 Å². The lowest BCUT2D eigenvalue weighted by atomic mass is 10.0. The van der Waals surface area contributed by atoms with Crippen molar-refractivity contribution in [2.45, 2.75) is 43.9 Å². The Morgan fingerprint density at radius 3 is 2.47 bits per heavy atom. The molecule has 32 heavy (non-hydrogen) atoms. The number of phenols is 1. The zero-order chi connectivity index (χ0) is 22.6. The number of rotatable bonds is 3. The Morgan fingerprint density at radius 1 is 1.12 bits per heavy atom. The summed E-state index contributed by atoms with van der Waals surface area (Å²) in [4.78, 5) is 30.2. The van der Waals surface area contributed by atoms with Crippen LogP contribution in [0.25, 0.3) is 10.9 Å². The third kappa shape index (κ3) is 3.28. The summed E-state index contributed by atoms with van der Waals surface area (Å²) in [6.45, 7) is 0. The van der Waals surface area contributed by atoms with E-state index >= 15 is 0 Å². The predicted octanol–water partition coefficient (Wildman–Crippen LogP) is 4.88. The molecule has 2 aromatic carbocycles. The molecule has 2 saturated heterocycles. The number of hydrogen-bond donors (Lipinski definition) is 3. The molecule has 5 rings (SSSR count). The van der Waals surface area contributed by atoms with Gasteiger partial charge in [-0.05, 0) is 56.0 Å². The van der Waals surface area contributed by atoms with Crippen molar-refractivity contribution in [3.8, 4) is 5.75 Å². The Hall–Kier alpha value is -3.49. The van der Waals surface area contributed by atoms with Gasteiger partial charge in [0, 0.05) is 25.4 Å². The summed E-state index contributed by atoms with van der Waals surface area (Å²) in [7, 11) is 0. The van der Waals surface area contributed by atoms with E-state index < -0.39 is 34.3 Å². The van der Waals surface area contributed by atoms with Gasteiger partial charge in [0.25, 0.3) is 5.91 Å². The van der Waals surface area contributed by atoms with Gasteiger partial charge in [-0.25, -0.2) is 0 Å². The molecule has 3 N–H and O–H groups in total. The number of amides is 1. The number of aromatic amines is 1. The molecular weight excluding hydrogens is 423 g/mol. The molecule has 0 aliphatic carbocycles. The number of hydrogen-bond acceptors (Lipinski definition) is 4. The van der Waals surface area contributed by atoms with Crippen molar-refractivity contribution in [3.05, 3.63) is 63.9 Å². The average Bonchev–Trinajstić information content (AvgIpc) is 3.34. The van der Waals surface area contributed by atoms with E-state index in [0.29, 0.717) is 11.2 Å². The number of aromatic hydroxyl groups is 1. The van der Waals surface area contributed by atoms with Crippen LogP contribution in [-0.4, -0.2) is 28.1 Å². The van der Waals surface area contributed by atoms with Gasteiger partial charge in [0.05, 0.1) is 22.2 Å². The van der Waals surface area contributed by atoms with E-state index in [9.17, 15) is 27.9 Å². The molecule has 0 atom stereocenters. The van der Waals surface area contributed by atoms with Crippen LogP contribution in [0, 0.1) is 0 Å². The number of H-pyrrole nitrogens is 1. The maximum absolute atomic E-state index is 13.8. The van der Waals surface area contributed by atoms with Gasteiger partial charge in [0.2, 0.25) is 5.43 Å². The van der Waals surface area contributed by atoms with Gasteiger partial charge in [0.15, 0.2) is 0 Å². The quantitative estimate of drug-likeness (QED) is 0.536. The molecule has 3 heterocycles. The number of halogens is 3. The monoisotopic (exact) mass is 445 g/mol. The number of phenolic OH excluding ortho intramolecular Hbond substituents is 1. The van der Waals surface area contributed by atoms with E-state index in [0.717, 1.165) is 37.9 Å². The van der Waals surface area contributed by atoms with Crippen molar-refractivity contribution in [1.82, 2.24) is 4.98 Å². The molecule has 0 radical (unpaired) electrons. The first kappa shape index (κ1) is 20.4. The molecule has 1 aromatic heterocycles. The number of anilines is 2. The number of nitrogens with one attached hydrogen (secondary N) is 2. The maximum Gasteiger partial charge on any atom is 0.418 e. The molecule has 2 fully saturated rings. The van der Waals surface area contributed by atoms with E-state index in [1.807, 2.05) is 0 Å². The number of carbonyl (C=O) groups is 1. The standard InChI is InChI=1S/C23H20F3N3O3.H2/c24-23(25,26)16-10-14(29-12-4-5-13(29)7-6-12)8-9-17(16)28-22(32)15-11-27-18-2-1-3-19(30)20(18)21(15)31;/h1-3,8-13,30H,4-7H2,(H,27,31)(H,28,32);1H. The Morgan fingerprint density at radius 2 is 1.81 bits per heavy atom. The van der Waals surface area contributed by atoms with Crippen LogP contribution in [-0.2, 0) is 6.18 Å². The lowest BCUT2D eigenvalue weighted by Crippen LogP contribution is -2.28. The molecule has 0 unspecified atom stereocenters. The fourth-order valence-corrected chi connectivity index (χ4v) is 4.98. The number of benzene rings is 2. The molecule has 0 saturated carbocycles. The molecular formula is C23H22F3N3O3.